The molecule has 17 heavy (non-hydrogen) atoms. The van der Waals surface area contributed by atoms with Crippen molar-refractivity contribution in [2.45, 2.75) is 13.0 Å². The number of halogens is 2. The molecule has 0 bridgehead atoms. The number of nitrogens with two attached hydrogens (primary N) is 1. The van der Waals surface area contributed by atoms with Gasteiger partial charge in [-0.3, -0.25) is 4.79 Å². The molecule has 0 aromatic heterocycles. The van der Waals surface area contributed by atoms with Gasteiger partial charge in [0, 0.05) is 0 Å². The number of carbonyl (C=O) groups is 2. The molecule has 92 valence electrons. The maximum atomic E-state index is 11.4. The van der Waals surface area contributed by atoms with E-state index in [1.54, 1.807) is 0 Å². The van der Waals surface area contributed by atoms with Gasteiger partial charge in [0.1, 0.15) is 0 Å². The van der Waals surface area contributed by atoms with Crippen LogP contribution in [0, 0.1) is 0 Å². The van der Waals surface area contributed by atoms with Crippen molar-refractivity contribution in [3.63, 3.8) is 0 Å². The van der Waals surface area contributed by atoms with Gasteiger partial charge in [0.2, 0.25) is 5.91 Å². The van der Waals surface area contributed by atoms with Crippen LogP contribution in [-0.2, 0) is 4.79 Å². The SMILES string of the molecule is C[C@@H](N)C(=O)Nc1c(Cl)cc(C(=O)O)cc1Cl. The lowest BCUT2D eigenvalue weighted by atomic mass is 10.2. The van der Waals surface area contributed by atoms with Crippen LogP contribution >= 0.6 is 23.2 Å². The summed E-state index contributed by atoms with van der Waals surface area (Å²) in [4.78, 5) is 22.1. The van der Waals surface area contributed by atoms with Crippen LogP contribution < -0.4 is 11.1 Å². The van der Waals surface area contributed by atoms with E-state index in [0.29, 0.717) is 0 Å². The highest BCUT2D eigenvalue weighted by Crippen LogP contribution is 2.31. The largest absolute Gasteiger partial charge is 0.478 e. The summed E-state index contributed by atoms with van der Waals surface area (Å²) in [5.74, 6) is -1.62. The van der Waals surface area contributed by atoms with Crippen molar-refractivity contribution in [3.8, 4) is 0 Å². The number of benzene rings is 1. The van der Waals surface area contributed by atoms with Crippen LogP contribution in [-0.4, -0.2) is 23.0 Å². The van der Waals surface area contributed by atoms with Crippen molar-refractivity contribution in [1.82, 2.24) is 0 Å². The van der Waals surface area contributed by atoms with E-state index in [9.17, 15) is 9.59 Å². The maximum absolute atomic E-state index is 11.4. The minimum Gasteiger partial charge on any atom is -0.478 e. The van der Waals surface area contributed by atoms with Crippen LogP contribution in [0.25, 0.3) is 0 Å². The summed E-state index contributed by atoms with van der Waals surface area (Å²) in [7, 11) is 0. The third kappa shape index (κ3) is 3.33. The van der Waals surface area contributed by atoms with Crippen molar-refractivity contribution in [2.75, 3.05) is 5.32 Å². The minimum atomic E-state index is -1.15. The Morgan fingerprint density at radius 1 is 1.35 bits per heavy atom. The Hall–Kier alpha value is -1.30. The normalized spacial score (nSPS) is 12.0. The number of amides is 1. The molecule has 0 spiro atoms. The van der Waals surface area contributed by atoms with Gasteiger partial charge in [-0.25, -0.2) is 4.79 Å². The van der Waals surface area contributed by atoms with E-state index in [0.717, 1.165) is 0 Å². The van der Waals surface area contributed by atoms with Gasteiger partial charge in [-0.1, -0.05) is 23.2 Å². The molecule has 1 rings (SSSR count). The van der Waals surface area contributed by atoms with Crippen LogP contribution in [0.4, 0.5) is 5.69 Å². The molecule has 0 fully saturated rings. The van der Waals surface area contributed by atoms with Gasteiger partial charge in [-0.05, 0) is 19.1 Å². The van der Waals surface area contributed by atoms with Crippen molar-refractivity contribution in [1.29, 1.82) is 0 Å². The van der Waals surface area contributed by atoms with E-state index >= 15 is 0 Å². The van der Waals surface area contributed by atoms with Gasteiger partial charge in [0.05, 0.1) is 27.3 Å². The zero-order valence-corrected chi connectivity index (χ0v) is 10.3. The van der Waals surface area contributed by atoms with E-state index < -0.39 is 17.9 Å². The molecule has 1 aromatic carbocycles. The average Bonchev–Trinajstić information content (AvgIpc) is 2.22. The second kappa shape index (κ2) is 5.35. The van der Waals surface area contributed by atoms with Gasteiger partial charge in [0.15, 0.2) is 0 Å². The summed E-state index contributed by atoms with van der Waals surface area (Å²) < 4.78 is 0. The molecule has 0 unspecified atom stereocenters. The van der Waals surface area contributed by atoms with Crippen molar-refractivity contribution < 1.29 is 14.7 Å². The van der Waals surface area contributed by atoms with Crippen molar-refractivity contribution in [2.24, 2.45) is 5.73 Å². The number of carboxylic acid groups (broad SMARTS) is 1. The van der Waals surface area contributed by atoms with E-state index in [1.165, 1.54) is 19.1 Å². The minimum absolute atomic E-state index is 0.0453. The molecule has 1 amide bonds. The second-order valence-electron chi connectivity index (χ2n) is 3.40. The molecule has 1 aromatic rings. The van der Waals surface area contributed by atoms with E-state index in [-0.39, 0.29) is 21.3 Å². The summed E-state index contributed by atoms with van der Waals surface area (Å²) in [6.07, 6.45) is 0. The lowest BCUT2D eigenvalue weighted by molar-refractivity contribution is -0.117. The quantitative estimate of drug-likeness (QED) is 0.787. The van der Waals surface area contributed by atoms with E-state index in [4.69, 9.17) is 34.0 Å². The highest BCUT2D eigenvalue weighted by molar-refractivity contribution is 6.40. The van der Waals surface area contributed by atoms with Crippen LogP contribution in [0.1, 0.15) is 17.3 Å². The molecule has 4 N–H and O–H groups in total. The first-order valence-electron chi connectivity index (χ1n) is 4.61. The Morgan fingerprint density at radius 3 is 2.18 bits per heavy atom. The molecule has 0 aliphatic heterocycles. The van der Waals surface area contributed by atoms with Crippen LogP contribution in [0.3, 0.4) is 0 Å². The van der Waals surface area contributed by atoms with Gasteiger partial charge < -0.3 is 16.2 Å². The fourth-order valence-corrected chi connectivity index (χ4v) is 1.63. The number of hydrogen-bond donors (Lipinski definition) is 3. The predicted molar refractivity (Wildman–Crippen MR) is 65.7 cm³/mol. The van der Waals surface area contributed by atoms with Gasteiger partial charge in [-0.15, -0.1) is 0 Å². The molecule has 0 radical (unpaired) electrons. The van der Waals surface area contributed by atoms with Crippen molar-refractivity contribution >= 4 is 40.8 Å². The lowest BCUT2D eigenvalue weighted by Crippen LogP contribution is -2.32. The zero-order valence-electron chi connectivity index (χ0n) is 8.83. The molecule has 0 heterocycles. The molecular formula is C10H10Cl2N2O3. The summed E-state index contributed by atoms with van der Waals surface area (Å²) in [5, 5.41) is 11.3. The van der Waals surface area contributed by atoms with Gasteiger partial charge >= 0.3 is 5.97 Å². The number of carbonyl (C=O) groups excluding carboxylic acids is 1. The van der Waals surface area contributed by atoms with Crippen LogP contribution in [0.2, 0.25) is 10.0 Å². The van der Waals surface area contributed by atoms with Crippen LogP contribution in [0.5, 0.6) is 0 Å². The predicted octanol–water partition coefficient (Wildman–Crippen LogP) is 1.98. The molecule has 5 nitrogen and oxygen atoms in total. The fourth-order valence-electron chi connectivity index (χ4n) is 1.05. The number of aromatic carboxylic acids is 1. The number of anilines is 1. The summed E-state index contributed by atoms with van der Waals surface area (Å²) >= 11 is 11.6. The highest BCUT2D eigenvalue weighted by atomic mass is 35.5. The van der Waals surface area contributed by atoms with Crippen molar-refractivity contribution in [3.05, 3.63) is 27.7 Å². The smallest absolute Gasteiger partial charge is 0.335 e. The number of nitrogens with one attached hydrogen (secondary N) is 1. The molecule has 7 heteroatoms. The molecule has 1 atom stereocenters. The first-order chi connectivity index (χ1) is 7.82. The van der Waals surface area contributed by atoms with E-state index in [1.807, 2.05) is 0 Å². The Labute approximate surface area is 108 Å². The number of carboxylic acids is 1. The fraction of sp³-hybridized carbons (Fsp3) is 0.200. The first kappa shape index (κ1) is 13.8. The summed E-state index contributed by atoms with van der Waals surface area (Å²) in [6.45, 7) is 1.50. The topological polar surface area (TPSA) is 92.4 Å². The zero-order chi connectivity index (χ0) is 13.2. The van der Waals surface area contributed by atoms with E-state index in [2.05, 4.69) is 5.32 Å². The summed E-state index contributed by atoms with van der Waals surface area (Å²) in [5.41, 5.74) is 5.47. The summed E-state index contributed by atoms with van der Waals surface area (Å²) in [6, 6.07) is 1.68. The highest BCUT2D eigenvalue weighted by Gasteiger charge is 2.15. The van der Waals surface area contributed by atoms with Gasteiger partial charge in [-0.2, -0.15) is 0 Å². The van der Waals surface area contributed by atoms with Gasteiger partial charge in [0.25, 0.3) is 0 Å². The molecular weight excluding hydrogens is 267 g/mol. The maximum Gasteiger partial charge on any atom is 0.335 e. The monoisotopic (exact) mass is 276 g/mol. The third-order valence-corrected chi connectivity index (χ3v) is 2.55. The standard InChI is InChI=1S/C10H10Cl2N2O3/c1-4(13)9(15)14-8-6(11)2-5(10(16)17)3-7(8)12/h2-4H,13H2,1H3,(H,14,15)(H,16,17)/t4-/m1/s1. The average molecular weight is 277 g/mol. The Bertz CT molecular complexity index is 452. The van der Waals surface area contributed by atoms with Crippen LogP contribution in [0.15, 0.2) is 12.1 Å². The molecule has 0 saturated heterocycles. The first-order valence-corrected chi connectivity index (χ1v) is 5.37. The second-order valence-corrected chi connectivity index (χ2v) is 4.21. The Balaban J connectivity index is 3.10. The Morgan fingerprint density at radius 2 is 1.82 bits per heavy atom. The molecule has 0 saturated carbocycles. The molecule has 0 aliphatic carbocycles. The molecule has 0 aliphatic rings. The Kier molecular flexibility index (Phi) is 4.34. The number of hydrogen-bond acceptors (Lipinski definition) is 3. The lowest BCUT2D eigenvalue weighted by Gasteiger charge is -2.11. The number of rotatable bonds is 3. The third-order valence-electron chi connectivity index (χ3n) is 1.95.